The zero-order valence-electron chi connectivity index (χ0n) is 19.1. The molecule has 0 spiro atoms. The number of hydrogen-bond donors (Lipinski definition) is 2. The fraction of sp³-hybridized carbons (Fsp3) is 0.440. The van der Waals surface area contributed by atoms with Crippen molar-refractivity contribution < 1.29 is 38.4 Å². The molecule has 0 fully saturated rings. The van der Waals surface area contributed by atoms with Gasteiger partial charge in [0.05, 0.1) is 46.2 Å². The third-order valence-corrected chi connectivity index (χ3v) is 5.20. The number of carbonyl (C=O) groups is 2. The number of ether oxygens (including phenoxy) is 5. The number of benzene rings is 2. The second-order valence-corrected chi connectivity index (χ2v) is 7.54. The van der Waals surface area contributed by atoms with Crippen LogP contribution in [0.3, 0.4) is 0 Å². The van der Waals surface area contributed by atoms with Crippen molar-refractivity contribution in [3.8, 4) is 11.1 Å². The second kappa shape index (κ2) is 14.3. The molecule has 0 bridgehead atoms. The van der Waals surface area contributed by atoms with Crippen LogP contribution in [0.15, 0.2) is 48.5 Å². The number of aliphatic carboxylic acids is 1. The number of nitrogens with one attached hydrogen (secondary N) is 1. The van der Waals surface area contributed by atoms with Crippen LogP contribution in [-0.2, 0) is 28.5 Å². The van der Waals surface area contributed by atoms with Gasteiger partial charge >= 0.3 is 12.1 Å². The highest BCUT2D eigenvalue weighted by Crippen LogP contribution is 2.44. The Bertz CT molecular complexity index is 874. The average molecular weight is 474 g/mol. The van der Waals surface area contributed by atoms with Crippen molar-refractivity contribution in [1.82, 2.24) is 5.32 Å². The molecule has 0 heterocycles. The van der Waals surface area contributed by atoms with E-state index in [2.05, 4.69) is 29.6 Å². The minimum Gasteiger partial charge on any atom is -0.480 e. The normalized spacial score (nSPS) is 12.2. The number of carboxylic acid groups (broad SMARTS) is 1. The van der Waals surface area contributed by atoms with Gasteiger partial charge in [-0.1, -0.05) is 48.5 Å². The van der Waals surface area contributed by atoms with E-state index in [0.29, 0.717) is 46.2 Å². The molecule has 3 rings (SSSR count). The van der Waals surface area contributed by atoms with Gasteiger partial charge < -0.3 is 34.1 Å². The molecule has 9 nitrogen and oxygen atoms in total. The van der Waals surface area contributed by atoms with E-state index in [9.17, 15) is 9.59 Å². The minimum atomic E-state index is -1.00. The van der Waals surface area contributed by atoms with Crippen molar-refractivity contribution in [3.05, 3.63) is 59.7 Å². The Morgan fingerprint density at radius 3 is 1.79 bits per heavy atom. The van der Waals surface area contributed by atoms with Gasteiger partial charge in [-0.05, 0) is 22.3 Å². The van der Waals surface area contributed by atoms with Gasteiger partial charge in [0, 0.05) is 12.5 Å². The molecule has 0 atom stereocenters. The molecular formula is C25H31NO8. The lowest BCUT2D eigenvalue weighted by molar-refractivity contribution is -0.142. The van der Waals surface area contributed by atoms with Crippen molar-refractivity contribution in [1.29, 1.82) is 0 Å². The van der Waals surface area contributed by atoms with Gasteiger partial charge in [-0.2, -0.15) is 0 Å². The summed E-state index contributed by atoms with van der Waals surface area (Å²) in [6.45, 7) is 2.79. The van der Waals surface area contributed by atoms with Crippen LogP contribution in [0.4, 0.5) is 4.79 Å². The largest absolute Gasteiger partial charge is 0.480 e. The molecule has 0 saturated heterocycles. The van der Waals surface area contributed by atoms with E-state index in [0.717, 1.165) is 0 Å². The number of carbonyl (C=O) groups excluding carboxylic acids is 1. The monoisotopic (exact) mass is 473 g/mol. The molecule has 1 aliphatic rings. The summed E-state index contributed by atoms with van der Waals surface area (Å²) in [6, 6.07) is 16.4. The Labute approximate surface area is 198 Å². The van der Waals surface area contributed by atoms with E-state index in [4.69, 9.17) is 28.8 Å². The van der Waals surface area contributed by atoms with Gasteiger partial charge in [0.25, 0.3) is 0 Å². The summed E-state index contributed by atoms with van der Waals surface area (Å²) < 4.78 is 26.3. The lowest BCUT2D eigenvalue weighted by atomic mass is 9.98. The van der Waals surface area contributed by atoms with Crippen LogP contribution in [0, 0.1) is 0 Å². The van der Waals surface area contributed by atoms with Crippen molar-refractivity contribution in [3.63, 3.8) is 0 Å². The molecule has 0 saturated carbocycles. The number of fused-ring (bicyclic) bond motifs is 3. The first-order chi connectivity index (χ1) is 16.7. The van der Waals surface area contributed by atoms with Gasteiger partial charge in [-0.15, -0.1) is 0 Å². The molecule has 0 radical (unpaired) electrons. The first-order valence-electron chi connectivity index (χ1n) is 11.3. The van der Waals surface area contributed by atoms with Crippen LogP contribution >= 0.6 is 0 Å². The van der Waals surface area contributed by atoms with E-state index in [1.54, 1.807) is 0 Å². The third kappa shape index (κ3) is 8.11. The van der Waals surface area contributed by atoms with Crippen LogP contribution in [0.1, 0.15) is 17.0 Å². The summed E-state index contributed by atoms with van der Waals surface area (Å²) in [5.74, 6) is -0.968. The van der Waals surface area contributed by atoms with Gasteiger partial charge in [0.1, 0.15) is 13.2 Å². The molecule has 2 aromatic rings. The van der Waals surface area contributed by atoms with E-state index < -0.39 is 12.1 Å². The highest BCUT2D eigenvalue weighted by molar-refractivity contribution is 5.79. The van der Waals surface area contributed by atoms with Gasteiger partial charge in [-0.25, -0.2) is 9.59 Å². The summed E-state index contributed by atoms with van der Waals surface area (Å²) in [5.41, 5.74) is 4.74. The zero-order chi connectivity index (χ0) is 24.0. The maximum Gasteiger partial charge on any atom is 0.407 e. The molecule has 0 unspecified atom stereocenters. The summed E-state index contributed by atoms with van der Waals surface area (Å²) in [4.78, 5) is 22.4. The van der Waals surface area contributed by atoms with Crippen LogP contribution in [0.5, 0.6) is 0 Å². The Kier molecular flexibility index (Phi) is 10.8. The Morgan fingerprint density at radius 2 is 1.24 bits per heavy atom. The molecule has 0 aliphatic heterocycles. The van der Waals surface area contributed by atoms with E-state index in [1.807, 2.05) is 24.3 Å². The Balaban J connectivity index is 1.19. The van der Waals surface area contributed by atoms with Crippen LogP contribution in [0.25, 0.3) is 11.1 Å². The number of rotatable bonds is 16. The molecule has 184 valence electrons. The number of hydrogen-bond acceptors (Lipinski definition) is 7. The van der Waals surface area contributed by atoms with Crippen LogP contribution in [0.2, 0.25) is 0 Å². The smallest absolute Gasteiger partial charge is 0.407 e. The van der Waals surface area contributed by atoms with Gasteiger partial charge in [0.15, 0.2) is 0 Å². The summed E-state index contributed by atoms with van der Waals surface area (Å²) in [5, 5.41) is 11.1. The molecule has 2 N–H and O–H groups in total. The zero-order valence-corrected chi connectivity index (χ0v) is 19.1. The number of amides is 1. The second-order valence-electron chi connectivity index (χ2n) is 7.54. The maximum atomic E-state index is 12.1. The van der Waals surface area contributed by atoms with E-state index in [1.165, 1.54) is 22.3 Å². The molecule has 0 aromatic heterocycles. The fourth-order valence-corrected chi connectivity index (χ4v) is 3.69. The Morgan fingerprint density at radius 1 is 0.735 bits per heavy atom. The molecule has 9 heteroatoms. The van der Waals surface area contributed by atoms with Gasteiger partial charge in [0.2, 0.25) is 0 Å². The summed E-state index contributed by atoms with van der Waals surface area (Å²) >= 11 is 0. The predicted molar refractivity (Wildman–Crippen MR) is 124 cm³/mol. The molecule has 1 amide bonds. The van der Waals surface area contributed by atoms with Gasteiger partial charge in [-0.3, -0.25) is 0 Å². The first-order valence-corrected chi connectivity index (χ1v) is 11.3. The molecular weight excluding hydrogens is 442 g/mol. The number of carboxylic acids is 1. The third-order valence-electron chi connectivity index (χ3n) is 5.20. The van der Waals surface area contributed by atoms with Crippen LogP contribution in [-0.4, -0.2) is 83.2 Å². The van der Waals surface area contributed by atoms with Crippen LogP contribution < -0.4 is 5.32 Å². The van der Waals surface area contributed by atoms with Crippen molar-refractivity contribution in [2.24, 2.45) is 0 Å². The predicted octanol–water partition coefficient (Wildman–Crippen LogP) is 2.68. The average Bonchev–Trinajstić information content (AvgIpc) is 3.16. The van der Waals surface area contributed by atoms with E-state index in [-0.39, 0.29) is 25.7 Å². The summed E-state index contributed by atoms with van der Waals surface area (Å²) in [7, 11) is 0. The minimum absolute atomic E-state index is 0.0350. The quantitative estimate of drug-likeness (QED) is 0.358. The fourth-order valence-electron chi connectivity index (χ4n) is 3.69. The topological polar surface area (TPSA) is 113 Å². The molecule has 1 aliphatic carbocycles. The van der Waals surface area contributed by atoms with Crippen molar-refractivity contribution in [2.45, 2.75) is 5.92 Å². The maximum absolute atomic E-state index is 12.1. The summed E-state index contributed by atoms with van der Waals surface area (Å²) in [6.07, 6.45) is -0.466. The molecule has 2 aromatic carbocycles. The lowest BCUT2D eigenvalue weighted by Crippen LogP contribution is -2.29. The van der Waals surface area contributed by atoms with Crippen molar-refractivity contribution >= 4 is 12.1 Å². The Hall–Kier alpha value is -2.98. The number of alkyl carbamates (subject to hydrolysis) is 1. The molecule has 34 heavy (non-hydrogen) atoms. The standard InChI is InChI=1S/C25H31NO8/c27-24(28)18-33-16-15-32-14-13-31-12-11-30-10-9-26-25(29)34-17-23-21-7-3-1-5-19(21)20-6-2-4-8-22(20)23/h1-8,23H,9-18H2,(H,26,29)(H,27,28). The highest BCUT2D eigenvalue weighted by Gasteiger charge is 2.28. The van der Waals surface area contributed by atoms with E-state index >= 15 is 0 Å². The van der Waals surface area contributed by atoms with Crippen molar-refractivity contribution in [2.75, 3.05) is 66.0 Å². The SMILES string of the molecule is O=C(O)COCCOCCOCCOCCNC(=O)OCC1c2ccccc2-c2ccccc21. The first kappa shape index (κ1) is 25.6. The lowest BCUT2D eigenvalue weighted by Gasteiger charge is -2.14. The highest BCUT2D eigenvalue weighted by atomic mass is 16.6.